The van der Waals surface area contributed by atoms with Crippen LogP contribution in [0.3, 0.4) is 0 Å². The van der Waals surface area contributed by atoms with Gasteiger partial charge in [-0.05, 0) is 63.9 Å². The molecule has 0 radical (unpaired) electrons. The van der Waals surface area contributed by atoms with Crippen LogP contribution in [0.2, 0.25) is 10.0 Å². The summed E-state index contributed by atoms with van der Waals surface area (Å²) in [6.07, 6.45) is 1.05. The summed E-state index contributed by atoms with van der Waals surface area (Å²) in [5, 5.41) is 3.48. The van der Waals surface area contributed by atoms with E-state index in [2.05, 4.69) is 5.32 Å². The molecule has 1 N–H and O–H groups in total. The number of anilines is 1. The van der Waals surface area contributed by atoms with Gasteiger partial charge in [-0.2, -0.15) is 0 Å². The van der Waals surface area contributed by atoms with Gasteiger partial charge in [0.25, 0.3) is 0 Å². The summed E-state index contributed by atoms with van der Waals surface area (Å²) < 4.78 is 26.5. The minimum atomic E-state index is -3.81. The predicted molar refractivity (Wildman–Crippen MR) is 138 cm³/mol. The Bertz CT molecular complexity index is 1150. The quantitative estimate of drug-likeness (QED) is 0.526. The van der Waals surface area contributed by atoms with Crippen molar-refractivity contribution >= 4 is 50.7 Å². The van der Waals surface area contributed by atoms with Crippen LogP contribution in [0, 0.1) is 13.8 Å². The molecule has 2 rings (SSSR count). The van der Waals surface area contributed by atoms with E-state index in [4.69, 9.17) is 23.2 Å². The normalized spacial score (nSPS) is 12.4. The lowest BCUT2D eigenvalue weighted by molar-refractivity contribution is -0.139. The molecule has 186 valence electrons. The highest BCUT2D eigenvalue weighted by atomic mass is 35.5. The maximum absolute atomic E-state index is 13.6. The second kappa shape index (κ2) is 11.4. The third kappa shape index (κ3) is 7.10. The SMILES string of the molecule is Cc1ccc(C)c(N(CC(=O)N(Cc2c(Cl)cccc2Cl)C(C)C(=O)NC(C)C)S(C)(=O)=O)c1. The van der Waals surface area contributed by atoms with Gasteiger partial charge in [0.1, 0.15) is 12.6 Å². The first-order valence-electron chi connectivity index (χ1n) is 10.8. The molecule has 1 atom stereocenters. The highest BCUT2D eigenvalue weighted by Crippen LogP contribution is 2.28. The second-order valence-electron chi connectivity index (χ2n) is 8.62. The molecule has 0 aromatic heterocycles. The largest absolute Gasteiger partial charge is 0.352 e. The molecule has 0 heterocycles. The molecule has 0 saturated carbocycles. The second-order valence-corrected chi connectivity index (χ2v) is 11.3. The molecule has 2 aromatic carbocycles. The summed E-state index contributed by atoms with van der Waals surface area (Å²) in [5.41, 5.74) is 2.44. The molecule has 0 spiro atoms. The van der Waals surface area contributed by atoms with Gasteiger partial charge >= 0.3 is 0 Å². The van der Waals surface area contributed by atoms with Crippen molar-refractivity contribution in [2.75, 3.05) is 17.1 Å². The summed E-state index contributed by atoms with van der Waals surface area (Å²) in [7, 11) is -3.81. The smallest absolute Gasteiger partial charge is 0.244 e. The first-order chi connectivity index (χ1) is 15.7. The Balaban J connectivity index is 2.50. The van der Waals surface area contributed by atoms with E-state index in [1.165, 1.54) is 4.90 Å². The lowest BCUT2D eigenvalue weighted by Crippen LogP contribution is -2.52. The number of halogens is 2. The first-order valence-corrected chi connectivity index (χ1v) is 13.4. The number of nitrogens with zero attached hydrogens (tertiary/aromatic N) is 2. The Morgan fingerprint density at radius 1 is 1.03 bits per heavy atom. The van der Waals surface area contributed by atoms with Crippen LogP contribution in [-0.2, 0) is 26.2 Å². The molecular formula is C24H31Cl2N3O4S. The average molecular weight is 529 g/mol. The predicted octanol–water partition coefficient (Wildman–Crippen LogP) is 4.32. The van der Waals surface area contributed by atoms with Gasteiger partial charge in [0.15, 0.2) is 0 Å². The maximum atomic E-state index is 13.6. The standard InChI is InChI=1S/C24H31Cl2N3O4S/c1-15(2)27-24(31)18(5)28(13-19-20(25)8-7-9-21(19)26)23(30)14-29(34(6,32)33)22-12-16(3)10-11-17(22)4/h7-12,15,18H,13-14H2,1-6H3,(H,27,31). The van der Waals surface area contributed by atoms with Gasteiger partial charge in [-0.15, -0.1) is 0 Å². The van der Waals surface area contributed by atoms with Gasteiger partial charge in [-0.3, -0.25) is 13.9 Å². The fourth-order valence-electron chi connectivity index (χ4n) is 3.42. The lowest BCUT2D eigenvalue weighted by atomic mass is 10.1. The van der Waals surface area contributed by atoms with Crippen molar-refractivity contribution in [3.8, 4) is 0 Å². The van der Waals surface area contributed by atoms with Gasteiger partial charge in [-0.25, -0.2) is 8.42 Å². The van der Waals surface area contributed by atoms with E-state index in [1.54, 1.807) is 44.2 Å². The van der Waals surface area contributed by atoms with E-state index >= 15 is 0 Å². The van der Waals surface area contributed by atoms with Crippen molar-refractivity contribution in [2.45, 2.75) is 53.2 Å². The number of carbonyl (C=O) groups excluding carboxylic acids is 2. The summed E-state index contributed by atoms with van der Waals surface area (Å²) in [6, 6.07) is 9.31. The minimum Gasteiger partial charge on any atom is -0.352 e. The number of rotatable bonds is 9. The molecule has 0 fully saturated rings. The molecule has 7 nitrogen and oxygen atoms in total. The molecule has 0 aliphatic carbocycles. The fraction of sp³-hybridized carbons (Fsp3) is 0.417. The van der Waals surface area contributed by atoms with Crippen molar-refractivity contribution in [1.29, 1.82) is 0 Å². The van der Waals surface area contributed by atoms with Crippen LogP contribution in [0.1, 0.15) is 37.5 Å². The molecular weight excluding hydrogens is 497 g/mol. The van der Waals surface area contributed by atoms with E-state index in [9.17, 15) is 18.0 Å². The van der Waals surface area contributed by atoms with Crippen molar-refractivity contribution in [3.63, 3.8) is 0 Å². The van der Waals surface area contributed by atoms with Gasteiger partial charge in [0.2, 0.25) is 21.8 Å². The fourth-order valence-corrected chi connectivity index (χ4v) is 4.84. The highest BCUT2D eigenvalue weighted by Gasteiger charge is 2.31. The molecule has 1 unspecified atom stereocenters. The number of sulfonamides is 1. The maximum Gasteiger partial charge on any atom is 0.244 e. The van der Waals surface area contributed by atoms with Gasteiger partial charge in [-0.1, -0.05) is 41.4 Å². The van der Waals surface area contributed by atoms with Crippen molar-refractivity contribution in [3.05, 3.63) is 63.1 Å². The molecule has 0 aliphatic rings. The number of hydrogen-bond donors (Lipinski definition) is 1. The number of carbonyl (C=O) groups is 2. The Labute approximate surface area is 212 Å². The number of nitrogens with one attached hydrogen (secondary N) is 1. The van der Waals surface area contributed by atoms with Gasteiger partial charge in [0.05, 0.1) is 11.9 Å². The number of amides is 2. The Hall–Kier alpha value is -2.29. The van der Waals surface area contributed by atoms with Crippen LogP contribution < -0.4 is 9.62 Å². The van der Waals surface area contributed by atoms with Crippen molar-refractivity contribution < 1.29 is 18.0 Å². The zero-order valence-corrected chi connectivity index (χ0v) is 22.6. The topological polar surface area (TPSA) is 86.8 Å². The average Bonchev–Trinajstić information content (AvgIpc) is 2.72. The summed E-state index contributed by atoms with van der Waals surface area (Å²) in [6.45, 7) is 8.29. The molecule has 0 bridgehead atoms. The number of hydrogen-bond acceptors (Lipinski definition) is 4. The summed E-state index contributed by atoms with van der Waals surface area (Å²) in [5.74, 6) is -0.933. The highest BCUT2D eigenvalue weighted by molar-refractivity contribution is 7.92. The first kappa shape index (κ1) is 28.0. The molecule has 34 heavy (non-hydrogen) atoms. The Morgan fingerprint density at radius 2 is 1.62 bits per heavy atom. The number of benzene rings is 2. The van der Waals surface area contributed by atoms with E-state index in [0.29, 0.717) is 26.9 Å². The van der Waals surface area contributed by atoms with Gasteiger partial charge in [0, 0.05) is 28.2 Å². The minimum absolute atomic E-state index is 0.0611. The van der Waals surface area contributed by atoms with E-state index in [1.807, 2.05) is 26.8 Å². The molecule has 2 amide bonds. The van der Waals surface area contributed by atoms with Gasteiger partial charge < -0.3 is 10.2 Å². The van der Waals surface area contributed by atoms with Crippen LogP contribution in [0.4, 0.5) is 5.69 Å². The zero-order valence-electron chi connectivity index (χ0n) is 20.2. The van der Waals surface area contributed by atoms with Crippen molar-refractivity contribution in [2.24, 2.45) is 0 Å². The Morgan fingerprint density at radius 3 is 2.15 bits per heavy atom. The van der Waals surface area contributed by atoms with Crippen LogP contribution >= 0.6 is 23.2 Å². The molecule has 2 aromatic rings. The van der Waals surface area contributed by atoms with Crippen LogP contribution in [-0.4, -0.2) is 50.0 Å². The lowest BCUT2D eigenvalue weighted by Gasteiger charge is -2.32. The van der Waals surface area contributed by atoms with Crippen LogP contribution in [0.25, 0.3) is 0 Å². The zero-order chi connectivity index (χ0) is 25.8. The summed E-state index contributed by atoms with van der Waals surface area (Å²) in [4.78, 5) is 27.7. The van der Waals surface area contributed by atoms with Crippen molar-refractivity contribution in [1.82, 2.24) is 10.2 Å². The van der Waals surface area contributed by atoms with E-state index in [-0.39, 0.29) is 18.5 Å². The van der Waals surface area contributed by atoms with Crippen LogP contribution in [0.5, 0.6) is 0 Å². The monoisotopic (exact) mass is 527 g/mol. The van der Waals surface area contributed by atoms with E-state index in [0.717, 1.165) is 16.1 Å². The molecule has 0 aliphatic heterocycles. The number of aryl methyl sites for hydroxylation is 2. The van der Waals surface area contributed by atoms with E-state index < -0.39 is 28.5 Å². The third-order valence-electron chi connectivity index (χ3n) is 5.30. The Kier molecular flexibility index (Phi) is 9.39. The van der Waals surface area contributed by atoms with Crippen LogP contribution in [0.15, 0.2) is 36.4 Å². The molecule has 10 heteroatoms. The summed E-state index contributed by atoms with van der Waals surface area (Å²) >= 11 is 12.7. The third-order valence-corrected chi connectivity index (χ3v) is 7.14. The molecule has 0 saturated heterocycles.